The summed E-state index contributed by atoms with van der Waals surface area (Å²) in [5, 5.41) is 16.3. The molecule has 226 valence electrons. The van der Waals surface area contributed by atoms with Crippen LogP contribution in [0.4, 0.5) is 11.5 Å². The van der Waals surface area contributed by atoms with E-state index in [2.05, 4.69) is 20.5 Å². The van der Waals surface area contributed by atoms with E-state index in [1.165, 1.54) is 24.3 Å². The number of para-hydroxylation sites is 1. The van der Waals surface area contributed by atoms with Gasteiger partial charge in [0.1, 0.15) is 5.69 Å². The van der Waals surface area contributed by atoms with Gasteiger partial charge in [-0.2, -0.15) is 5.10 Å². The smallest absolute Gasteiger partial charge is 0.269 e. The zero-order valence-electron chi connectivity index (χ0n) is 24.2. The van der Waals surface area contributed by atoms with Crippen molar-refractivity contribution in [2.75, 3.05) is 4.31 Å². The normalized spacial score (nSPS) is 11.5. The lowest BCUT2D eigenvalue weighted by molar-refractivity contribution is 0.108. The van der Waals surface area contributed by atoms with Crippen LogP contribution in [-0.4, -0.2) is 38.9 Å². The monoisotopic (exact) mass is 644 g/mol. The number of aromatic nitrogens is 5. The van der Waals surface area contributed by atoms with Crippen molar-refractivity contribution in [3.05, 3.63) is 145 Å². The second kappa shape index (κ2) is 12.1. The number of aromatic amines is 1. The Morgan fingerprint density at radius 1 is 0.783 bits per heavy atom. The average molecular weight is 645 g/mol. The predicted octanol–water partition coefficient (Wildman–Crippen LogP) is 7.44. The van der Waals surface area contributed by atoms with Gasteiger partial charge in [0.15, 0.2) is 5.82 Å². The third-order valence-corrected chi connectivity index (χ3v) is 9.50. The summed E-state index contributed by atoms with van der Waals surface area (Å²) in [5.74, 6) is 0.0732. The van der Waals surface area contributed by atoms with Gasteiger partial charge in [0.05, 0.1) is 33.9 Å². The molecule has 9 nitrogen and oxygen atoms in total. The van der Waals surface area contributed by atoms with Crippen molar-refractivity contribution >= 4 is 49.3 Å². The molecule has 46 heavy (non-hydrogen) atoms. The van der Waals surface area contributed by atoms with E-state index in [-0.39, 0.29) is 22.0 Å². The number of carbonyl (C=O) groups is 1. The van der Waals surface area contributed by atoms with Gasteiger partial charge in [0.2, 0.25) is 0 Å². The van der Waals surface area contributed by atoms with Gasteiger partial charge in [-0.05, 0) is 53.6 Å². The van der Waals surface area contributed by atoms with Gasteiger partial charge in [-0.25, -0.2) is 17.4 Å². The number of H-pyrrole nitrogens is 1. The van der Waals surface area contributed by atoms with E-state index >= 15 is 0 Å². The molecule has 2 heterocycles. The maximum Gasteiger partial charge on any atom is 0.269 e. The van der Waals surface area contributed by atoms with Crippen LogP contribution in [0.2, 0.25) is 0 Å². The molecule has 0 saturated heterocycles. The highest BCUT2D eigenvalue weighted by Crippen LogP contribution is 2.40. The molecule has 0 fully saturated rings. The molecule has 0 radical (unpaired) electrons. The Balaban J connectivity index is 1.43. The molecule has 5 aromatic carbocycles. The number of nitrogens with one attached hydrogen (secondary N) is 1. The summed E-state index contributed by atoms with van der Waals surface area (Å²) in [6.07, 6.45) is 0. The van der Waals surface area contributed by atoms with Gasteiger partial charge < -0.3 is 0 Å². The first-order valence-corrected chi connectivity index (χ1v) is 16.1. The Hall–Kier alpha value is -5.58. The highest BCUT2D eigenvalue weighted by atomic mass is 35.5. The summed E-state index contributed by atoms with van der Waals surface area (Å²) in [7, 11) is -4.28. The molecule has 0 saturated carbocycles. The van der Waals surface area contributed by atoms with Gasteiger partial charge in [0.25, 0.3) is 15.3 Å². The molecule has 0 aliphatic carbocycles. The molecule has 0 bridgehead atoms. The van der Waals surface area contributed by atoms with Crippen LogP contribution in [0.3, 0.4) is 0 Å². The van der Waals surface area contributed by atoms with E-state index in [1.54, 1.807) is 30.3 Å². The summed E-state index contributed by atoms with van der Waals surface area (Å²) in [6, 6.07) is 39.6. The third-order valence-electron chi connectivity index (χ3n) is 7.58. The van der Waals surface area contributed by atoms with Gasteiger partial charge in [-0.3, -0.25) is 9.89 Å². The number of carbonyl (C=O) groups excluding carboxylic acids is 1. The first kappa shape index (κ1) is 29.1. The first-order valence-electron chi connectivity index (χ1n) is 14.3. The predicted molar refractivity (Wildman–Crippen MR) is 178 cm³/mol. The van der Waals surface area contributed by atoms with Crippen LogP contribution in [-0.2, 0) is 16.6 Å². The maximum atomic E-state index is 14.3. The average Bonchev–Trinajstić information content (AvgIpc) is 3.70. The highest BCUT2D eigenvalue weighted by Gasteiger charge is 2.33. The van der Waals surface area contributed by atoms with Crippen LogP contribution >= 0.6 is 11.6 Å². The lowest BCUT2D eigenvalue weighted by Gasteiger charge is -2.24. The number of sulfonamides is 1. The van der Waals surface area contributed by atoms with Crippen LogP contribution in [0.15, 0.2) is 138 Å². The topological polar surface area (TPSA) is 114 Å². The Morgan fingerprint density at radius 3 is 2.15 bits per heavy atom. The van der Waals surface area contributed by atoms with Gasteiger partial charge in [-0.15, -0.1) is 5.10 Å². The Morgan fingerprint density at radius 2 is 1.43 bits per heavy atom. The second-order valence-electron chi connectivity index (χ2n) is 10.5. The van der Waals surface area contributed by atoms with E-state index < -0.39 is 15.3 Å². The summed E-state index contributed by atoms with van der Waals surface area (Å²) in [6.45, 7) is 0.504. The fourth-order valence-corrected chi connectivity index (χ4v) is 7.09. The van der Waals surface area contributed by atoms with Crippen LogP contribution in [0.1, 0.15) is 15.9 Å². The summed E-state index contributed by atoms with van der Waals surface area (Å²) >= 11 is 5.96. The number of hydrogen-bond acceptors (Lipinski definition) is 6. The zero-order chi connectivity index (χ0) is 31.7. The van der Waals surface area contributed by atoms with Crippen molar-refractivity contribution in [1.29, 1.82) is 0 Å². The zero-order valence-corrected chi connectivity index (χ0v) is 25.7. The molecule has 0 unspecified atom stereocenters. The molecule has 1 N–H and O–H groups in total. The SMILES string of the molecule is O=C(Cl)c1ccccc1N(c1n[nH]c2ccc(-c3nnn(Cc4ccccc4)c3-c3ccccc3)cc12)S(=O)(=O)c1ccccc1. The third kappa shape index (κ3) is 5.33. The molecule has 0 aliphatic rings. The van der Waals surface area contributed by atoms with E-state index in [9.17, 15) is 13.2 Å². The van der Waals surface area contributed by atoms with E-state index in [1.807, 2.05) is 83.5 Å². The largest absolute Gasteiger partial charge is 0.276 e. The minimum Gasteiger partial charge on any atom is -0.276 e. The molecule has 7 aromatic rings. The lowest BCUT2D eigenvalue weighted by Crippen LogP contribution is -2.28. The quantitative estimate of drug-likeness (QED) is 0.163. The van der Waals surface area contributed by atoms with Gasteiger partial charge in [-0.1, -0.05) is 102 Å². The number of hydrogen-bond donors (Lipinski definition) is 1. The Bertz CT molecular complexity index is 2290. The summed E-state index contributed by atoms with van der Waals surface area (Å²) < 4.78 is 31.5. The minimum atomic E-state index is -4.28. The van der Waals surface area contributed by atoms with Crippen molar-refractivity contribution in [3.8, 4) is 22.5 Å². The minimum absolute atomic E-state index is 0.0196. The van der Waals surface area contributed by atoms with Crippen molar-refractivity contribution in [2.24, 2.45) is 0 Å². The number of fused-ring (bicyclic) bond motifs is 1. The fraction of sp³-hybridized carbons (Fsp3) is 0.0286. The van der Waals surface area contributed by atoms with Gasteiger partial charge in [0, 0.05) is 16.5 Å². The first-order chi connectivity index (χ1) is 22.4. The number of benzene rings is 5. The van der Waals surface area contributed by atoms with E-state index in [4.69, 9.17) is 11.6 Å². The molecule has 2 aromatic heterocycles. The number of halogens is 1. The number of anilines is 2. The van der Waals surface area contributed by atoms with Crippen LogP contribution in [0.25, 0.3) is 33.4 Å². The van der Waals surface area contributed by atoms with Crippen LogP contribution < -0.4 is 4.31 Å². The molecule has 0 amide bonds. The van der Waals surface area contributed by atoms with Crippen molar-refractivity contribution in [2.45, 2.75) is 11.4 Å². The molecular formula is C35H25ClN6O3S. The lowest BCUT2D eigenvalue weighted by atomic mass is 10.0. The summed E-state index contributed by atoms with van der Waals surface area (Å²) in [4.78, 5) is 12.5. The molecule has 11 heteroatoms. The van der Waals surface area contributed by atoms with Gasteiger partial charge >= 0.3 is 0 Å². The Labute approximate surface area is 269 Å². The molecule has 0 atom stereocenters. The van der Waals surface area contributed by atoms with E-state index in [0.29, 0.717) is 28.7 Å². The molecular weight excluding hydrogens is 620 g/mol. The fourth-order valence-electron chi connectivity index (χ4n) is 5.43. The number of nitrogens with zero attached hydrogens (tertiary/aromatic N) is 5. The van der Waals surface area contributed by atoms with E-state index in [0.717, 1.165) is 21.1 Å². The number of rotatable bonds is 9. The van der Waals surface area contributed by atoms with Crippen molar-refractivity contribution in [3.63, 3.8) is 0 Å². The van der Waals surface area contributed by atoms with Crippen LogP contribution in [0.5, 0.6) is 0 Å². The molecule has 7 rings (SSSR count). The Kier molecular flexibility index (Phi) is 7.65. The molecule has 0 aliphatic heterocycles. The maximum absolute atomic E-state index is 14.3. The van der Waals surface area contributed by atoms with Crippen molar-refractivity contribution < 1.29 is 13.2 Å². The second-order valence-corrected chi connectivity index (χ2v) is 12.6. The van der Waals surface area contributed by atoms with Crippen LogP contribution in [0, 0.1) is 0 Å². The standard InChI is InChI=1S/C35H25ClN6O3S/c36-34(43)28-18-10-11-19-31(28)42(46(44,45)27-16-8-3-9-17-27)35-29-22-26(20-21-30(29)37-39-35)32-33(25-14-6-2-7-15-25)41(40-38-32)23-24-12-4-1-5-13-24/h1-22H,23H2,(H,37,39). The van der Waals surface area contributed by atoms with Crippen molar-refractivity contribution in [1.82, 2.24) is 25.2 Å². The molecule has 0 spiro atoms. The highest BCUT2D eigenvalue weighted by molar-refractivity contribution is 7.93. The summed E-state index contributed by atoms with van der Waals surface area (Å²) in [5.41, 5.74) is 4.79.